The first-order valence-corrected chi connectivity index (χ1v) is 12.8. The molecular weight excluding hydrogens is 449 g/mol. The molecule has 2 heterocycles. The second-order valence-corrected chi connectivity index (χ2v) is 9.89. The Morgan fingerprint density at radius 1 is 1.06 bits per heavy atom. The molecule has 1 aliphatic rings. The predicted octanol–water partition coefficient (Wildman–Crippen LogP) is 5.01. The average molecular weight is 482 g/mol. The number of amides is 1. The zero-order valence-corrected chi connectivity index (χ0v) is 20.9. The number of hydrogen-bond acceptors (Lipinski definition) is 5. The molecule has 0 saturated carbocycles. The number of thioether (sulfide) groups is 1. The van der Waals surface area contributed by atoms with Crippen molar-refractivity contribution >= 4 is 17.7 Å². The Balaban J connectivity index is 1.51. The van der Waals surface area contributed by atoms with Gasteiger partial charge in [-0.1, -0.05) is 48.0 Å². The third-order valence-electron chi connectivity index (χ3n) is 6.35. The minimum absolute atomic E-state index is 0.0184. The lowest BCUT2D eigenvalue weighted by Gasteiger charge is -2.31. The van der Waals surface area contributed by atoms with Gasteiger partial charge in [-0.3, -0.25) is 14.3 Å². The van der Waals surface area contributed by atoms with Gasteiger partial charge in [0.2, 0.25) is 5.91 Å². The molecule has 1 atom stereocenters. The number of hydrogen-bond donors (Lipinski definition) is 0. The number of aryl methyl sites for hydroxylation is 1. The van der Waals surface area contributed by atoms with E-state index >= 15 is 0 Å². The highest BCUT2D eigenvalue weighted by Gasteiger charge is 2.26. The number of likely N-dealkylation sites (tertiary alicyclic amines) is 1. The fourth-order valence-corrected chi connectivity index (χ4v) is 5.14. The largest absolute Gasteiger partial charge is 0.341 e. The molecule has 1 saturated heterocycles. The van der Waals surface area contributed by atoms with Gasteiger partial charge in [0.15, 0.2) is 11.0 Å². The molecule has 0 spiro atoms. The summed E-state index contributed by atoms with van der Waals surface area (Å²) in [6, 6.07) is 14.6. The molecule has 6 nitrogen and oxygen atoms in total. The maximum Gasteiger partial charge on any atom is 0.233 e. The van der Waals surface area contributed by atoms with E-state index in [0.717, 1.165) is 30.2 Å². The van der Waals surface area contributed by atoms with Gasteiger partial charge in [-0.2, -0.15) is 0 Å². The van der Waals surface area contributed by atoms with Crippen molar-refractivity contribution in [1.29, 1.82) is 0 Å². The molecule has 3 aromatic rings. The molecule has 4 rings (SSSR count). The Bertz CT molecular complexity index is 1090. The quantitative estimate of drug-likeness (QED) is 0.423. The van der Waals surface area contributed by atoms with E-state index in [1.54, 1.807) is 17.0 Å². The van der Waals surface area contributed by atoms with Crippen LogP contribution in [0.25, 0.3) is 5.69 Å². The van der Waals surface area contributed by atoms with Gasteiger partial charge in [-0.05, 0) is 69.6 Å². The second kappa shape index (κ2) is 11.1. The van der Waals surface area contributed by atoms with Gasteiger partial charge in [0.05, 0.1) is 11.8 Å². The molecule has 0 bridgehead atoms. The molecule has 1 aromatic heterocycles. The Morgan fingerprint density at radius 2 is 1.74 bits per heavy atom. The minimum atomic E-state index is -0.287. The third-order valence-corrected chi connectivity index (χ3v) is 7.26. The molecule has 0 aliphatic carbocycles. The molecule has 180 valence electrons. The first kappa shape index (κ1) is 24.4. The standard InChI is InChI=1S/C26H32FN5OS/c1-19-7-9-21(10-8-19)17-30(3)24(33)18-34-26-29-28-25(20(2)31-15-5-4-6-16-31)32(26)23-13-11-22(27)12-14-23/h7-14,20H,4-6,15-18H2,1-3H3/t20-/m0/s1. The van der Waals surface area contributed by atoms with Crippen LogP contribution in [0.3, 0.4) is 0 Å². The highest BCUT2D eigenvalue weighted by atomic mass is 32.2. The van der Waals surface area contributed by atoms with E-state index in [0.29, 0.717) is 11.7 Å². The first-order valence-electron chi connectivity index (χ1n) is 11.8. The molecule has 1 fully saturated rings. The minimum Gasteiger partial charge on any atom is -0.341 e. The summed E-state index contributed by atoms with van der Waals surface area (Å²) in [5, 5.41) is 9.60. The van der Waals surface area contributed by atoms with Crippen molar-refractivity contribution in [2.24, 2.45) is 0 Å². The normalized spacial score (nSPS) is 15.3. The predicted molar refractivity (Wildman–Crippen MR) is 134 cm³/mol. The highest BCUT2D eigenvalue weighted by Crippen LogP contribution is 2.29. The number of benzene rings is 2. The van der Waals surface area contributed by atoms with Gasteiger partial charge in [0, 0.05) is 19.3 Å². The van der Waals surface area contributed by atoms with E-state index < -0.39 is 0 Å². The Hall–Kier alpha value is -2.71. The van der Waals surface area contributed by atoms with Crippen LogP contribution < -0.4 is 0 Å². The van der Waals surface area contributed by atoms with Crippen LogP contribution >= 0.6 is 11.8 Å². The zero-order valence-electron chi connectivity index (χ0n) is 20.1. The van der Waals surface area contributed by atoms with Crippen LogP contribution in [-0.2, 0) is 11.3 Å². The molecule has 0 N–H and O–H groups in total. The van der Waals surface area contributed by atoms with E-state index in [9.17, 15) is 9.18 Å². The van der Waals surface area contributed by atoms with Crippen molar-refractivity contribution in [1.82, 2.24) is 24.6 Å². The summed E-state index contributed by atoms with van der Waals surface area (Å²) >= 11 is 1.37. The molecule has 1 amide bonds. The molecule has 0 unspecified atom stereocenters. The van der Waals surface area contributed by atoms with Gasteiger partial charge in [0.1, 0.15) is 5.82 Å². The van der Waals surface area contributed by atoms with Crippen molar-refractivity contribution in [2.45, 2.75) is 50.9 Å². The topological polar surface area (TPSA) is 54.3 Å². The van der Waals surface area contributed by atoms with Gasteiger partial charge in [0.25, 0.3) is 0 Å². The Kier molecular flexibility index (Phi) is 8.00. The van der Waals surface area contributed by atoms with Crippen LogP contribution in [0.15, 0.2) is 53.7 Å². The van der Waals surface area contributed by atoms with Crippen molar-refractivity contribution in [3.63, 3.8) is 0 Å². The second-order valence-electron chi connectivity index (χ2n) is 8.95. The van der Waals surface area contributed by atoms with Gasteiger partial charge in [-0.25, -0.2) is 4.39 Å². The van der Waals surface area contributed by atoms with Gasteiger partial charge in [-0.15, -0.1) is 10.2 Å². The van der Waals surface area contributed by atoms with E-state index in [1.165, 1.54) is 48.7 Å². The summed E-state index contributed by atoms with van der Waals surface area (Å²) in [6.07, 6.45) is 3.62. The lowest BCUT2D eigenvalue weighted by Crippen LogP contribution is -2.33. The lowest BCUT2D eigenvalue weighted by atomic mass is 10.1. The molecular formula is C26H32FN5OS. The lowest BCUT2D eigenvalue weighted by molar-refractivity contribution is -0.127. The Labute approximate surface area is 205 Å². The van der Waals surface area contributed by atoms with Crippen LogP contribution in [0.2, 0.25) is 0 Å². The summed E-state index contributed by atoms with van der Waals surface area (Å²) in [7, 11) is 1.82. The van der Waals surface area contributed by atoms with E-state index in [-0.39, 0.29) is 23.5 Å². The monoisotopic (exact) mass is 481 g/mol. The molecule has 1 aliphatic heterocycles. The number of rotatable bonds is 8. The number of nitrogens with zero attached hydrogens (tertiary/aromatic N) is 5. The SMILES string of the molecule is Cc1ccc(CN(C)C(=O)CSc2nnc([C@H](C)N3CCCCC3)n2-c2ccc(F)cc2)cc1. The van der Waals surface area contributed by atoms with E-state index in [1.807, 2.05) is 30.7 Å². The van der Waals surface area contributed by atoms with Crippen LogP contribution in [-0.4, -0.2) is 56.4 Å². The smallest absolute Gasteiger partial charge is 0.233 e. The van der Waals surface area contributed by atoms with Crippen LogP contribution in [0.1, 0.15) is 49.2 Å². The van der Waals surface area contributed by atoms with E-state index in [4.69, 9.17) is 0 Å². The molecule has 34 heavy (non-hydrogen) atoms. The fourth-order valence-electron chi connectivity index (χ4n) is 4.24. The average Bonchev–Trinajstić information content (AvgIpc) is 3.28. The third kappa shape index (κ3) is 5.85. The van der Waals surface area contributed by atoms with Gasteiger partial charge < -0.3 is 4.90 Å². The molecule has 0 radical (unpaired) electrons. The van der Waals surface area contributed by atoms with Crippen molar-refractivity contribution in [3.05, 3.63) is 71.3 Å². The van der Waals surface area contributed by atoms with Crippen molar-refractivity contribution in [2.75, 3.05) is 25.9 Å². The van der Waals surface area contributed by atoms with Gasteiger partial charge >= 0.3 is 0 Å². The highest BCUT2D eigenvalue weighted by molar-refractivity contribution is 7.99. The first-order chi connectivity index (χ1) is 16.4. The number of aromatic nitrogens is 3. The maximum absolute atomic E-state index is 13.6. The summed E-state index contributed by atoms with van der Waals surface area (Å²) in [5.74, 6) is 0.797. The van der Waals surface area contributed by atoms with Crippen LogP contribution in [0, 0.1) is 12.7 Å². The summed E-state index contributed by atoms with van der Waals surface area (Å²) in [6.45, 7) is 6.81. The summed E-state index contributed by atoms with van der Waals surface area (Å²) in [4.78, 5) is 17.0. The zero-order chi connectivity index (χ0) is 24.1. The number of piperidine rings is 1. The van der Waals surface area contributed by atoms with E-state index in [2.05, 4.69) is 34.2 Å². The number of halogens is 1. The van der Waals surface area contributed by atoms with Crippen molar-refractivity contribution < 1.29 is 9.18 Å². The molecule has 8 heteroatoms. The van der Waals surface area contributed by atoms with Crippen LogP contribution in [0.4, 0.5) is 4.39 Å². The number of carbonyl (C=O) groups excluding carboxylic acids is 1. The summed E-state index contributed by atoms with van der Waals surface area (Å²) < 4.78 is 15.6. The Morgan fingerprint density at radius 3 is 2.41 bits per heavy atom. The number of carbonyl (C=O) groups is 1. The molecule has 2 aromatic carbocycles. The summed E-state index contributed by atoms with van der Waals surface area (Å²) in [5.41, 5.74) is 3.09. The van der Waals surface area contributed by atoms with Crippen molar-refractivity contribution in [3.8, 4) is 5.69 Å². The maximum atomic E-state index is 13.6. The fraction of sp³-hybridized carbons (Fsp3) is 0.423. The van der Waals surface area contributed by atoms with Crippen LogP contribution in [0.5, 0.6) is 0 Å².